The zero-order chi connectivity index (χ0) is 14.4. The van der Waals surface area contributed by atoms with Crippen molar-refractivity contribution in [1.82, 2.24) is 4.90 Å². The Balaban J connectivity index is 1.72. The number of likely N-dealkylation sites (tertiary alicyclic amines) is 1. The zero-order valence-electron chi connectivity index (χ0n) is 12.2. The molecule has 3 nitrogen and oxygen atoms in total. The third-order valence-electron chi connectivity index (χ3n) is 3.72. The highest BCUT2D eigenvalue weighted by molar-refractivity contribution is 7.80. The third-order valence-corrected chi connectivity index (χ3v) is 3.86. The Morgan fingerprint density at radius 1 is 1.40 bits per heavy atom. The molecule has 0 bridgehead atoms. The minimum Gasteiger partial charge on any atom is -0.492 e. The van der Waals surface area contributed by atoms with Crippen LogP contribution in [0.3, 0.4) is 0 Å². The van der Waals surface area contributed by atoms with Crippen LogP contribution in [0.15, 0.2) is 24.3 Å². The van der Waals surface area contributed by atoms with Gasteiger partial charge in [-0.1, -0.05) is 31.3 Å². The summed E-state index contributed by atoms with van der Waals surface area (Å²) in [6.07, 6.45) is 3.33. The Kier molecular flexibility index (Phi) is 5.80. The molecule has 2 rings (SSSR count). The molecule has 1 saturated heterocycles. The van der Waals surface area contributed by atoms with E-state index in [9.17, 15) is 0 Å². The molecule has 1 aromatic rings. The highest BCUT2D eigenvalue weighted by Gasteiger charge is 2.15. The molecule has 0 aliphatic carbocycles. The van der Waals surface area contributed by atoms with Crippen molar-refractivity contribution in [1.29, 1.82) is 0 Å². The van der Waals surface area contributed by atoms with E-state index in [1.54, 1.807) is 0 Å². The first-order chi connectivity index (χ1) is 9.63. The maximum absolute atomic E-state index is 5.80. The van der Waals surface area contributed by atoms with Gasteiger partial charge in [0.2, 0.25) is 0 Å². The van der Waals surface area contributed by atoms with Gasteiger partial charge in [-0.3, -0.25) is 4.90 Å². The monoisotopic (exact) mass is 292 g/mol. The molecule has 1 unspecified atom stereocenters. The Bertz CT molecular complexity index is 433. The molecule has 110 valence electrons. The van der Waals surface area contributed by atoms with Crippen molar-refractivity contribution < 1.29 is 4.74 Å². The molecule has 1 fully saturated rings. The number of hydrogen-bond donors (Lipinski definition) is 1. The second kappa shape index (κ2) is 7.60. The van der Waals surface area contributed by atoms with Crippen LogP contribution in [0.2, 0.25) is 0 Å². The van der Waals surface area contributed by atoms with Crippen molar-refractivity contribution in [3.8, 4) is 5.75 Å². The van der Waals surface area contributed by atoms with E-state index in [0.29, 0.717) is 11.4 Å². The van der Waals surface area contributed by atoms with Crippen LogP contribution in [0.1, 0.15) is 25.3 Å². The van der Waals surface area contributed by atoms with E-state index < -0.39 is 0 Å². The number of nitrogens with zero attached hydrogens (tertiary/aromatic N) is 1. The average Bonchev–Trinajstić information content (AvgIpc) is 2.40. The maximum Gasteiger partial charge on any atom is 0.119 e. The fourth-order valence-electron chi connectivity index (χ4n) is 2.69. The first-order valence-electron chi connectivity index (χ1n) is 7.36. The molecule has 1 aromatic carbocycles. The summed E-state index contributed by atoms with van der Waals surface area (Å²) in [7, 11) is 0. The summed E-state index contributed by atoms with van der Waals surface area (Å²) < 4.78 is 5.80. The molecule has 0 aromatic heterocycles. The van der Waals surface area contributed by atoms with Gasteiger partial charge in [-0.2, -0.15) is 0 Å². The van der Waals surface area contributed by atoms with Crippen LogP contribution in [0.5, 0.6) is 5.75 Å². The summed E-state index contributed by atoms with van der Waals surface area (Å²) >= 11 is 4.90. The number of ether oxygens (including phenoxy) is 1. The number of rotatable bonds is 6. The van der Waals surface area contributed by atoms with E-state index in [1.807, 2.05) is 24.3 Å². The third kappa shape index (κ3) is 5.10. The highest BCUT2D eigenvalue weighted by Crippen LogP contribution is 2.16. The normalized spacial score (nSPS) is 19.8. The van der Waals surface area contributed by atoms with Crippen molar-refractivity contribution in [3.63, 3.8) is 0 Å². The minimum absolute atomic E-state index is 0.526. The van der Waals surface area contributed by atoms with E-state index in [-0.39, 0.29) is 0 Å². The van der Waals surface area contributed by atoms with Crippen molar-refractivity contribution in [3.05, 3.63) is 29.8 Å². The maximum atomic E-state index is 5.80. The van der Waals surface area contributed by atoms with Crippen LogP contribution in [0.25, 0.3) is 0 Å². The summed E-state index contributed by atoms with van der Waals surface area (Å²) in [6.45, 7) is 6.50. The number of hydrogen-bond acceptors (Lipinski definition) is 3. The quantitative estimate of drug-likeness (QED) is 0.818. The van der Waals surface area contributed by atoms with Crippen LogP contribution in [-0.2, 0) is 6.42 Å². The molecule has 0 amide bonds. The summed E-state index contributed by atoms with van der Waals surface area (Å²) in [5.74, 6) is 1.74. The molecule has 1 atom stereocenters. The molecule has 4 heteroatoms. The summed E-state index contributed by atoms with van der Waals surface area (Å²) in [5, 5.41) is 0. The Hall–Kier alpha value is -1.13. The lowest BCUT2D eigenvalue weighted by Gasteiger charge is -2.30. The second-order valence-corrected chi connectivity index (χ2v) is 6.21. The molecule has 1 aliphatic heterocycles. The van der Waals surface area contributed by atoms with E-state index >= 15 is 0 Å². The highest BCUT2D eigenvalue weighted by atomic mass is 32.1. The molecular formula is C16H24N2OS. The minimum atomic E-state index is 0.526. The Morgan fingerprint density at radius 3 is 2.80 bits per heavy atom. The van der Waals surface area contributed by atoms with Crippen LogP contribution in [0, 0.1) is 5.92 Å². The number of nitrogens with two attached hydrogens (primary N) is 1. The molecular weight excluding hydrogens is 268 g/mol. The lowest BCUT2D eigenvalue weighted by atomic mass is 10.0. The fraction of sp³-hybridized carbons (Fsp3) is 0.562. The van der Waals surface area contributed by atoms with Crippen molar-refractivity contribution in [2.24, 2.45) is 11.7 Å². The number of piperidine rings is 1. The molecule has 20 heavy (non-hydrogen) atoms. The van der Waals surface area contributed by atoms with Crippen LogP contribution in [0.4, 0.5) is 0 Å². The van der Waals surface area contributed by atoms with Crippen LogP contribution in [-0.4, -0.2) is 36.1 Å². The average molecular weight is 292 g/mol. The smallest absolute Gasteiger partial charge is 0.119 e. The van der Waals surface area contributed by atoms with Crippen molar-refractivity contribution >= 4 is 17.2 Å². The van der Waals surface area contributed by atoms with Gasteiger partial charge in [0.05, 0.1) is 4.99 Å². The van der Waals surface area contributed by atoms with Gasteiger partial charge < -0.3 is 10.5 Å². The molecule has 0 saturated carbocycles. The first kappa shape index (κ1) is 15.3. The SMILES string of the molecule is CC1CCCN(CCOc2ccc(CC(N)=S)cc2)C1. The summed E-state index contributed by atoms with van der Waals surface area (Å²) in [5.41, 5.74) is 6.67. The van der Waals surface area contributed by atoms with Gasteiger partial charge in [-0.25, -0.2) is 0 Å². The second-order valence-electron chi connectivity index (χ2n) is 5.68. The lowest BCUT2D eigenvalue weighted by molar-refractivity contribution is 0.153. The molecule has 1 aliphatic rings. The van der Waals surface area contributed by atoms with Crippen LogP contribution < -0.4 is 10.5 Å². The summed E-state index contributed by atoms with van der Waals surface area (Å²) in [4.78, 5) is 3.02. The van der Waals surface area contributed by atoms with Gasteiger partial charge in [-0.15, -0.1) is 0 Å². The Labute approximate surface area is 127 Å². The standard InChI is InChI=1S/C16H24N2OS/c1-13-3-2-8-18(12-13)9-10-19-15-6-4-14(5-7-15)11-16(17)20/h4-7,13H,2-3,8-12H2,1H3,(H2,17,20). The van der Waals surface area contributed by atoms with Gasteiger partial charge in [0.1, 0.15) is 12.4 Å². The van der Waals surface area contributed by atoms with Gasteiger partial charge >= 0.3 is 0 Å². The molecule has 0 radical (unpaired) electrons. The van der Waals surface area contributed by atoms with Crippen LogP contribution >= 0.6 is 12.2 Å². The van der Waals surface area contributed by atoms with E-state index in [2.05, 4.69) is 11.8 Å². The van der Waals surface area contributed by atoms with E-state index in [4.69, 9.17) is 22.7 Å². The molecule has 1 heterocycles. The van der Waals surface area contributed by atoms with Gasteiger partial charge in [0.15, 0.2) is 0 Å². The fourth-order valence-corrected chi connectivity index (χ4v) is 2.85. The molecule has 2 N–H and O–H groups in total. The zero-order valence-corrected chi connectivity index (χ0v) is 13.0. The van der Waals surface area contributed by atoms with Crippen molar-refractivity contribution in [2.75, 3.05) is 26.2 Å². The first-order valence-corrected chi connectivity index (χ1v) is 7.76. The summed E-state index contributed by atoms with van der Waals surface area (Å²) in [6, 6.07) is 8.04. The van der Waals surface area contributed by atoms with Gasteiger partial charge in [0.25, 0.3) is 0 Å². The molecule has 0 spiro atoms. The number of benzene rings is 1. The Morgan fingerprint density at radius 2 is 2.15 bits per heavy atom. The lowest BCUT2D eigenvalue weighted by Crippen LogP contribution is -2.37. The predicted octanol–water partition coefficient (Wildman–Crippen LogP) is 2.63. The van der Waals surface area contributed by atoms with Gasteiger partial charge in [0, 0.05) is 19.5 Å². The predicted molar refractivity (Wildman–Crippen MR) is 87.3 cm³/mol. The number of thiocarbonyl (C=S) groups is 1. The van der Waals surface area contributed by atoms with E-state index in [1.165, 1.54) is 25.9 Å². The van der Waals surface area contributed by atoms with Gasteiger partial charge in [-0.05, 0) is 43.0 Å². The topological polar surface area (TPSA) is 38.5 Å². The van der Waals surface area contributed by atoms with E-state index in [0.717, 1.165) is 30.4 Å². The largest absolute Gasteiger partial charge is 0.492 e. The van der Waals surface area contributed by atoms with Crippen molar-refractivity contribution in [2.45, 2.75) is 26.2 Å².